The number of thioether (sulfide) groups is 1. The van der Waals surface area contributed by atoms with E-state index in [-0.39, 0.29) is 5.78 Å². The Morgan fingerprint density at radius 1 is 1.04 bits per heavy atom. The van der Waals surface area contributed by atoms with Gasteiger partial charge >= 0.3 is 0 Å². The van der Waals surface area contributed by atoms with E-state index in [2.05, 4.69) is 22.1 Å². The van der Waals surface area contributed by atoms with E-state index in [0.29, 0.717) is 10.8 Å². The molecule has 0 bridgehead atoms. The van der Waals surface area contributed by atoms with Crippen molar-refractivity contribution in [2.45, 2.75) is 25.3 Å². The maximum absolute atomic E-state index is 12.6. The molecule has 6 heteroatoms. The predicted octanol–water partition coefficient (Wildman–Crippen LogP) is 5.60. The highest BCUT2D eigenvalue weighted by molar-refractivity contribution is 8.00. The number of fused-ring (bicyclic) bond motifs is 1. The first-order valence-electron chi connectivity index (χ1n) is 9.10. The molecule has 0 fully saturated rings. The molecular weight excluding hydrogens is 386 g/mol. The zero-order valence-electron chi connectivity index (χ0n) is 15.7. The topological polar surface area (TPSA) is 55.7 Å². The summed E-state index contributed by atoms with van der Waals surface area (Å²) in [5.41, 5.74) is 4.64. The molecule has 2 aromatic carbocycles. The lowest BCUT2D eigenvalue weighted by Crippen LogP contribution is -2.03. The molecule has 0 unspecified atom stereocenters. The van der Waals surface area contributed by atoms with Gasteiger partial charge in [-0.3, -0.25) is 4.79 Å². The Morgan fingerprint density at radius 2 is 1.79 bits per heavy atom. The molecule has 0 aliphatic rings. The van der Waals surface area contributed by atoms with E-state index in [9.17, 15) is 4.79 Å². The van der Waals surface area contributed by atoms with Crippen LogP contribution in [0.3, 0.4) is 0 Å². The summed E-state index contributed by atoms with van der Waals surface area (Å²) in [5.74, 6) is 0.401. The quantitative estimate of drug-likeness (QED) is 0.309. The summed E-state index contributed by atoms with van der Waals surface area (Å²) in [6, 6.07) is 17.8. The molecule has 0 N–H and O–H groups in total. The number of aromatic nitrogens is 3. The van der Waals surface area contributed by atoms with E-state index in [1.807, 2.05) is 61.5 Å². The van der Waals surface area contributed by atoms with Gasteiger partial charge < -0.3 is 0 Å². The van der Waals surface area contributed by atoms with Gasteiger partial charge in [0.15, 0.2) is 5.78 Å². The van der Waals surface area contributed by atoms with Gasteiger partial charge in [0.05, 0.1) is 15.5 Å². The van der Waals surface area contributed by atoms with E-state index in [1.54, 1.807) is 11.3 Å². The van der Waals surface area contributed by atoms with Gasteiger partial charge in [-0.2, -0.15) is 0 Å². The van der Waals surface area contributed by atoms with Gasteiger partial charge in [-0.1, -0.05) is 73.3 Å². The van der Waals surface area contributed by atoms with E-state index in [1.165, 1.54) is 17.3 Å². The molecule has 4 nitrogen and oxygen atoms in total. The predicted molar refractivity (Wildman–Crippen MR) is 116 cm³/mol. The first-order chi connectivity index (χ1) is 13.7. The van der Waals surface area contributed by atoms with Gasteiger partial charge in [0.2, 0.25) is 0 Å². The molecule has 0 aliphatic carbocycles. The molecule has 0 saturated carbocycles. The summed E-state index contributed by atoms with van der Waals surface area (Å²) in [5, 5.41) is 10.5. The third kappa shape index (κ3) is 3.84. The number of hydrogen-bond donors (Lipinski definition) is 0. The Kier molecular flexibility index (Phi) is 5.50. The molecule has 0 amide bonds. The lowest BCUT2D eigenvalue weighted by Gasteiger charge is -2.05. The van der Waals surface area contributed by atoms with Crippen molar-refractivity contribution in [3.8, 4) is 11.3 Å². The molecule has 0 atom stereocenters. The third-order valence-electron chi connectivity index (χ3n) is 4.46. The van der Waals surface area contributed by atoms with Crippen molar-refractivity contribution in [1.29, 1.82) is 0 Å². The van der Waals surface area contributed by atoms with Crippen LogP contribution in [0.25, 0.3) is 21.5 Å². The average molecular weight is 406 g/mol. The maximum Gasteiger partial charge on any atom is 0.173 e. The van der Waals surface area contributed by atoms with Crippen molar-refractivity contribution in [3.05, 3.63) is 70.7 Å². The Morgan fingerprint density at radius 3 is 2.50 bits per heavy atom. The highest BCUT2D eigenvalue weighted by atomic mass is 32.2. The number of nitrogens with zero attached hydrogens (tertiary/aromatic N) is 3. The minimum Gasteiger partial charge on any atom is -0.293 e. The zero-order valence-corrected chi connectivity index (χ0v) is 17.3. The second-order valence-electron chi connectivity index (χ2n) is 6.39. The fourth-order valence-electron chi connectivity index (χ4n) is 2.95. The Bertz CT molecular complexity index is 1120. The summed E-state index contributed by atoms with van der Waals surface area (Å²) < 4.78 is 1.01. The highest BCUT2D eigenvalue weighted by Crippen LogP contribution is 2.35. The van der Waals surface area contributed by atoms with Crippen molar-refractivity contribution in [1.82, 2.24) is 15.2 Å². The molecule has 4 rings (SSSR count). The van der Waals surface area contributed by atoms with Crippen LogP contribution in [0.15, 0.2) is 59.6 Å². The normalized spacial score (nSPS) is 11.1. The van der Waals surface area contributed by atoms with Crippen LogP contribution in [0.4, 0.5) is 0 Å². The van der Waals surface area contributed by atoms with Gasteiger partial charge in [-0.15, -0.1) is 21.5 Å². The first kappa shape index (κ1) is 18.8. The number of aryl methyl sites for hydroxylation is 2. The summed E-state index contributed by atoms with van der Waals surface area (Å²) in [6.07, 6.45) is 0.966. The molecule has 28 heavy (non-hydrogen) atoms. The molecule has 2 heterocycles. The molecule has 4 aromatic rings. The van der Waals surface area contributed by atoms with Crippen LogP contribution in [0, 0.1) is 6.92 Å². The Hall–Kier alpha value is -2.57. The van der Waals surface area contributed by atoms with Crippen LogP contribution in [-0.4, -0.2) is 26.7 Å². The molecule has 0 radical (unpaired) electrons. The van der Waals surface area contributed by atoms with Crippen LogP contribution in [0.2, 0.25) is 0 Å². The smallest absolute Gasteiger partial charge is 0.173 e. The molecule has 2 aromatic heterocycles. The number of hydrogen-bond acceptors (Lipinski definition) is 6. The molecule has 0 saturated heterocycles. The largest absolute Gasteiger partial charge is 0.293 e. The van der Waals surface area contributed by atoms with E-state index in [0.717, 1.165) is 38.5 Å². The molecular formula is C22H19N3OS2. The second kappa shape index (κ2) is 8.20. The van der Waals surface area contributed by atoms with Crippen LogP contribution in [-0.2, 0) is 6.42 Å². The van der Waals surface area contributed by atoms with Gasteiger partial charge in [0, 0.05) is 11.1 Å². The number of benzene rings is 2. The number of Topliss-reactive ketones (excluding diaryl/α,β-unsaturated/α-hetero) is 1. The minimum atomic E-state index is 0.0849. The number of rotatable bonds is 6. The van der Waals surface area contributed by atoms with Crippen molar-refractivity contribution >= 4 is 39.1 Å². The van der Waals surface area contributed by atoms with E-state index in [4.69, 9.17) is 0 Å². The zero-order chi connectivity index (χ0) is 19.5. The Balaban J connectivity index is 1.60. The lowest BCUT2D eigenvalue weighted by molar-refractivity contribution is 0.102. The fraction of sp³-hybridized carbons (Fsp3) is 0.182. The maximum atomic E-state index is 12.6. The Labute approximate surface area is 172 Å². The third-order valence-corrected chi connectivity index (χ3v) is 6.40. The van der Waals surface area contributed by atoms with Crippen LogP contribution < -0.4 is 0 Å². The van der Waals surface area contributed by atoms with Gasteiger partial charge in [0.25, 0.3) is 0 Å². The summed E-state index contributed by atoms with van der Waals surface area (Å²) in [4.78, 5) is 17.2. The molecule has 0 aliphatic heterocycles. The SMILES string of the molecule is CCc1ccc(C(=O)CSc2nnc(-c3ccccc3)c3sc(C)nc23)cc1. The van der Waals surface area contributed by atoms with E-state index < -0.39 is 0 Å². The van der Waals surface area contributed by atoms with Crippen molar-refractivity contribution < 1.29 is 4.79 Å². The number of carbonyl (C=O) groups is 1. The summed E-state index contributed by atoms with van der Waals surface area (Å²) in [6.45, 7) is 4.08. The molecule has 0 spiro atoms. The van der Waals surface area contributed by atoms with Crippen molar-refractivity contribution in [3.63, 3.8) is 0 Å². The van der Waals surface area contributed by atoms with Crippen LogP contribution in [0.1, 0.15) is 27.9 Å². The monoisotopic (exact) mass is 405 g/mol. The van der Waals surface area contributed by atoms with Crippen LogP contribution in [0.5, 0.6) is 0 Å². The van der Waals surface area contributed by atoms with Crippen molar-refractivity contribution in [2.24, 2.45) is 0 Å². The first-order valence-corrected chi connectivity index (χ1v) is 10.9. The summed E-state index contributed by atoms with van der Waals surface area (Å²) in [7, 11) is 0. The standard InChI is InChI=1S/C22H19N3OS2/c1-3-15-9-11-16(12-10-15)18(26)13-27-22-20-21(28-14(2)23-20)19(24-25-22)17-7-5-4-6-8-17/h4-12H,3,13H2,1-2H3. The number of carbonyl (C=O) groups excluding carboxylic acids is 1. The second-order valence-corrected chi connectivity index (χ2v) is 8.56. The molecule has 140 valence electrons. The lowest BCUT2D eigenvalue weighted by atomic mass is 10.1. The van der Waals surface area contributed by atoms with Gasteiger partial charge in [-0.05, 0) is 18.9 Å². The van der Waals surface area contributed by atoms with Gasteiger partial charge in [0.1, 0.15) is 16.2 Å². The minimum absolute atomic E-state index is 0.0849. The fourth-order valence-corrected chi connectivity index (χ4v) is 4.76. The number of thiazole rings is 1. The van der Waals surface area contributed by atoms with Gasteiger partial charge in [-0.25, -0.2) is 4.98 Å². The number of ketones is 1. The average Bonchev–Trinajstić information content (AvgIpc) is 3.14. The highest BCUT2D eigenvalue weighted by Gasteiger charge is 2.17. The van der Waals surface area contributed by atoms with Crippen LogP contribution >= 0.6 is 23.1 Å². The van der Waals surface area contributed by atoms with E-state index >= 15 is 0 Å². The van der Waals surface area contributed by atoms with Crippen molar-refractivity contribution in [2.75, 3.05) is 5.75 Å². The summed E-state index contributed by atoms with van der Waals surface area (Å²) >= 11 is 3.01.